The molecule has 0 fully saturated rings. The minimum atomic E-state index is 0.0840. The van der Waals surface area contributed by atoms with Crippen LogP contribution in [0.1, 0.15) is 25.0 Å². The number of hydrogen-bond donors (Lipinski definition) is 0. The second-order valence-corrected chi connectivity index (χ2v) is 6.87. The first-order chi connectivity index (χ1) is 11.4. The number of likely N-dealkylation sites (N-methyl/N-ethyl adjacent to an activating group) is 1. The van der Waals surface area contributed by atoms with Gasteiger partial charge in [0.2, 0.25) is 5.91 Å². The van der Waals surface area contributed by atoms with Crippen LogP contribution in [0.2, 0.25) is 0 Å². The normalized spacial score (nSPS) is 10.7. The minimum Gasteiger partial charge on any atom is -0.338 e. The number of amides is 1. The van der Waals surface area contributed by atoms with Crippen LogP contribution in [-0.2, 0) is 4.79 Å². The van der Waals surface area contributed by atoms with E-state index < -0.39 is 0 Å². The molecule has 0 aliphatic carbocycles. The summed E-state index contributed by atoms with van der Waals surface area (Å²) in [7, 11) is 0. The van der Waals surface area contributed by atoms with Gasteiger partial charge in [0, 0.05) is 13.1 Å². The zero-order valence-corrected chi connectivity index (χ0v) is 15.6. The molecular weight excluding hydrogens is 320 g/mol. The molecular formula is C18H24N4OS. The maximum Gasteiger partial charge on any atom is 0.233 e. The lowest BCUT2D eigenvalue weighted by Crippen LogP contribution is -2.33. The highest BCUT2D eigenvalue weighted by Gasteiger charge is 2.15. The van der Waals surface area contributed by atoms with Gasteiger partial charge >= 0.3 is 0 Å². The van der Waals surface area contributed by atoms with Crippen molar-refractivity contribution in [2.75, 3.05) is 18.8 Å². The van der Waals surface area contributed by atoms with Gasteiger partial charge in [0.25, 0.3) is 0 Å². The van der Waals surface area contributed by atoms with Crippen LogP contribution < -0.4 is 0 Å². The van der Waals surface area contributed by atoms with E-state index in [1.807, 2.05) is 18.4 Å². The molecule has 0 aliphatic rings. The van der Waals surface area contributed by atoms with Gasteiger partial charge in [-0.3, -0.25) is 9.36 Å². The van der Waals surface area contributed by atoms with Crippen molar-refractivity contribution in [1.29, 1.82) is 0 Å². The van der Waals surface area contributed by atoms with Gasteiger partial charge in [-0.25, -0.2) is 0 Å². The van der Waals surface area contributed by atoms with E-state index in [2.05, 4.69) is 48.8 Å². The molecule has 1 aromatic heterocycles. The van der Waals surface area contributed by atoms with Crippen molar-refractivity contribution in [2.45, 2.75) is 32.9 Å². The number of nitrogens with zero attached hydrogens (tertiary/aromatic N) is 4. The zero-order valence-electron chi connectivity index (χ0n) is 14.7. The highest BCUT2D eigenvalue weighted by Crippen LogP contribution is 2.23. The van der Waals surface area contributed by atoms with Gasteiger partial charge in [-0.15, -0.1) is 10.2 Å². The summed E-state index contributed by atoms with van der Waals surface area (Å²) in [4.78, 5) is 14.2. The van der Waals surface area contributed by atoms with Crippen LogP contribution in [0.4, 0.5) is 0 Å². The molecule has 0 bridgehead atoms. The number of carbonyl (C=O) groups is 1. The summed E-state index contributed by atoms with van der Waals surface area (Å²) in [5, 5.41) is 8.89. The predicted molar refractivity (Wildman–Crippen MR) is 98.6 cm³/mol. The zero-order chi connectivity index (χ0) is 17.7. The van der Waals surface area contributed by atoms with Crippen LogP contribution in [0, 0.1) is 13.8 Å². The Morgan fingerprint density at radius 1 is 1.38 bits per heavy atom. The summed E-state index contributed by atoms with van der Waals surface area (Å²) in [6, 6.07) is 6.24. The third-order valence-corrected chi connectivity index (χ3v) is 4.58. The Labute approximate surface area is 147 Å². The molecule has 1 amide bonds. The number of rotatable bonds is 7. The van der Waals surface area contributed by atoms with Crippen molar-refractivity contribution in [3.8, 4) is 5.69 Å². The van der Waals surface area contributed by atoms with E-state index >= 15 is 0 Å². The standard InChI is InChI=1S/C18H24N4OS/c1-6-21(10-13(2)3)17(23)11-24-18-20-19-12-22(18)16-8-7-14(4)9-15(16)5/h7-9,12H,2,6,10-11H2,1,3-5H3. The molecule has 24 heavy (non-hydrogen) atoms. The summed E-state index contributed by atoms with van der Waals surface area (Å²) in [5.74, 6) is 0.422. The van der Waals surface area contributed by atoms with E-state index in [0.29, 0.717) is 18.8 Å². The van der Waals surface area contributed by atoms with E-state index in [1.54, 1.807) is 11.2 Å². The predicted octanol–water partition coefficient (Wildman–Crippen LogP) is 3.40. The Hall–Kier alpha value is -2.08. The topological polar surface area (TPSA) is 51.0 Å². The highest BCUT2D eigenvalue weighted by molar-refractivity contribution is 7.99. The third-order valence-electron chi connectivity index (χ3n) is 3.65. The highest BCUT2D eigenvalue weighted by atomic mass is 32.2. The van der Waals surface area contributed by atoms with Crippen molar-refractivity contribution in [3.05, 3.63) is 47.8 Å². The van der Waals surface area contributed by atoms with E-state index in [0.717, 1.165) is 22.0 Å². The summed E-state index contributed by atoms with van der Waals surface area (Å²) in [6.45, 7) is 13.2. The Morgan fingerprint density at radius 3 is 2.75 bits per heavy atom. The Morgan fingerprint density at radius 2 is 2.12 bits per heavy atom. The number of aryl methyl sites for hydroxylation is 2. The molecule has 0 radical (unpaired) electrons. The molecule has 128 valence electrons. The van der Waals surface area contributed by atoms with E-state index in [1.165, 1.54) is 17.3 Å². The van der Waals surface area contributed by atoms with Crippen LogP contribution in [0.5, 0.6) is 0 Å². The van der Waals surface area contributed by atoms with Crippen LogP contribution in [0.25, 0.3) is 5.69 Å². The summed E-state index contributed by atoms with van der Waals surface area (Å²) in [5.41, 5.74) is 4.39. The number of hydrogen-bond acceptors (Lipinski definition) is 4. The van der Waals surface area contributed by atoms with E-state index in [-0.39, 0.29) is 5.91 Å². The molecule has 6 heteroatoms. The smallest absolute Gasteiger partial charge is 0.233 e. The monoisotopic (exact) mass is 344 g/mol. The van der Waals surface area contributed by atoms with Crippen molar-refractivity contribution in [1.82, 2.24) is 19.7 Å². The number of aromatic nitrogens is 3. The summed E-state index contributed by atoms with van der Waals surface area (Å²) >= 11 is 1.41. The first kappa shape index (κ1) is 18.3. The first-order valence-electron chi connectivity index (χ1n) is 7.95. The van der Waals surface area contributed by atoms with Gasteiger partial charge in [-0.2, -0.15) is 0 Å². The fourth-order valence-electron chi connectivity index (χ4n) is 2.48. The fraction of sp³-hybridized carbons (Fsp3) is 0.389. The minimum absolute atomic E-state index is 0.0840. The molecule has 0 atom stereocenters. The largest absolute Gasteiger partial charge is 0.338 e. The van der Waals surface area contributed by atoms with Crippen LogP contribution in [0.3, 0.4) is 0 Å². The molecule has 0 saturated heterocycles. The Kier molecular flexibility index (Phi) is 6.20. The lowest BCUT2D eigenvalue weighted by atomic mass is 10.1. The molecule has 5 nitrogen and oxygen atoms in total. The molecule has 1 heterocycles. The lowest BCUT2D eigenvalue weighted by molar-refractivity contribution is -0.127. The Bertz CT molecular complexity index is 738. The van der Waals surface area contributed by atoms with Crippen LogP contribution in [-0.4, -0.2) is 44.4 Å². The molecule has 2 aromatic rings. The van der Waals surface area contributed by atoms with Gasteiger partial charge < -0.3 is 4.90 Å². The average Bonchev–Trinajstić information content (AvgIpc) is 2.98. The molecule has 1 aromatic carbocycles. The van der Waals surface area contributed by atoms with Crippen molar-refractivity contribution < 1.29 is 4.79 Å². The van der Waals surface area contributed by atoms with Crippen molar-refractivity contribution in [3.63, 3.8) is 0 Å². The number of thioether (sulfide) groups is 1. The van der Waals surface area contributed by atoms with Gasteiger partial charge in [-0.1, -0.05) is 41.6 Å². The fourth-order valence-corrected chi connectivity index (χ4v) is 3.31. The Balaban J connectivity index is 2.11. The molecule has 0 N–H and O–H groups in total. The van der Waals surface area contributed by atoms with Crippen molar-refractivity contribution in [2.24, 2.45) is 0 Å². The summed E-state index contributed by atoms with van der Waals surface area (Å²) < 4.78 is 1.93. The van der Waals surface area contributed by atoms with E-state index in [4.69, 9.17) is 0 Å². The number of benzene rings is 1. The number of carbonyl (C=O) groups excluding carboxylic acids is 1. The van der Waals surface area contributed by atoms with Crippen molar-refractivity contribution >= 4 is 17.7 Å². The van der Waals surface area contributed by atoms with Gasteiger partial charge in [0.15, 0.2) is 5.16 Å². The average molecular weight is 344 g/mol. The van der Waals surface area contributed by atoms with Crippen LogP contribution in [0.15, 0.2) is 41.8 Å². The second-order valence-electron chi connectivity index (χ2n) is 5.93. The first-order valence-corrected chi connectivity index (χ1v) is 8.93. The van der Waals surface area contributed by atoms with Gasteiger partial charge in [0.05, 0.1) is 11.4 Å². The third kappa shape index (κ3) is 4.47. The SMILES string of the molecule is C=C(C)CN(CC)C(=O)CSc1nncn1-c1ccc(C)cc1C. The molecule has 0 saturated carbocycles. The molecule has 0 aliphatic heterocycles. The second kappa shape index (κ2) is 8.15. The molecule has 0 spiro atoms. The summed E-state index contributed by atoms with van der Waals surface area (Å²) in [6.07, 6.45) is 1.69. The van der Waals surface area contributed by atoms with Gasteiger partial charge in [-0.05, 0) is 39.3 Å². The van der Waals surface area contributed by atoms with Gasteiger partial charge in [0.1, 0.15) is 6.33 Å². The molecule has 0 unspecified atom stereocenters. The molecule has 2 rings (SSSR count). The lowest BCUT2D eigenvalue weighted by Gasteiger charge is -2.20. The van der Waals surface area contributed by atoms with Crippen LogP contribution >= 0.6 is 11.8 Å². The van der Waals surface area contributed by atoms with E-state index in [9.17, 15) is 4.79 Å². The maximum atomic E-state index is 12.4. The maximum absolute atomic E-state index is 12.4. The quantitative estimate of drug-likeness (QED) is 0.570.